The number of carbonyl (C=O) groups is 1. The predicted octanol–water partition coefficient (Wildman–Crippen LogP) is 3.40. The molecule has 0 radical (unpaired) electrons. The van der Waals surface area contributed by atoms with Crippen molar-refractivity contribution in [1.82, 2.24) is 4.90 Å². The van der Waals surface area contributed by atoms with Crippen molar-refractivity contribution in [1.29, 1.82) is 5.26 Å². The van der Waals surface area contributed by atoms with Gasteiger partial charge in [-0.1, -0.05) is 15.9 Å². The van der Waals surface area contributed by atoms with E-state index in [1.165, 1.54) is 0 Å². The van der Waals surface area contributed by atoms with Gasteiger partial charge in [0, 0.05) is 22.1 Å². The van der Waals surface area contributed by atoms with Crippen molar-refractivity contribution < 1.29 is 4.79 Å². The smallest absolute Gasteiger partial charge is 0.227 e. The van der Waals surface area contributed by atoms with E-state index in [9.17, 15) is 4.79 Å². The van der Waals surface area contributed by atoms with Gasteiger partial charge in [0.05, 0.1) is 12.5 Å². The maximum absolute atomic E-state index is 12.3. The van der Waals surface area contributed by atoms with Crippen LogP contribution in [-0.4, -0.2) is 29.9 Å². The molecule has 1 aliphatic heterocycles. The van der Waals surface area contributed by atoms with Gasteiger partial charge < -0.3 is 5.32 Å². The summed E-state index contributed by atoms with van der Waals surface area (Å²) in [6, 6.07) is 10.1. The molecule has 21 heavy (non-hydrogen) atoms. The first-order chi connectivity index (χ1) is 10.1. The van der Waals surface area contributed by atoms with E-state index in [1.807, 2.05) is 24.3 Å². The largest absolute Gasteiger partial charge is 0.326 e. The van der Waals surface area contributed by atoms with Crippen LogP contribution in [0.3, 0.4) is 0 Å². The van der Waals surface area contributed by atoms with Gasteiger partial charge in [-0.05, 0) is 57.1 Å². The monoisotopic (exact) mass is 349 g/mol. The van der Waals surface area contributed by atoms with Crippen molar-refractivity contribution in [2.75, 3.05) is 18.4 Å². The van der Waals surface area contributed by atoms with Crippen LogP contribution in [-0.2, 0) is 4.79 Å². The van der Waals surface area contributed by atoms with Crippen molar-refractivity contribution in [3.63, 3.8) is 0 Å². The van der Waals surface area contributed by atoms with Gasteiger partial charge in [-0.3, -0.25) is 9.69 Å². The van der Waals surface area contributed by atoms with Gasteiger partial charge in [0.15, 0.2) is 0 Å². The molecule has 1 saturated heterocycles. The van der Waals surface area contributed by atoms with E-state index in [1.54, 1.807) is 0 Å². The molecule has 1 N–H and O–H groups in total. The van der Waals surface area contributed by atoms with E-state index in [4.69, 9.17) is 5.26 Å². The summed E-state index contributed by atoms with van der Waals surface area (Å²) >= 11 is 3.38. The van der Waals surface area contributed by atoms with Crippen molar-refractivity contribution in [3.05, 3.63) is 28.7 Å². The molecule has 1 aromatic rings. The summed E-state index contributed by atoms with van der Waals surface area (Å²) < 4.78 is 1.00. The minimum atomic E-state index is 0.0687. The molecule has 5 heteroatoms. The minimum Gasteiger partial charge on any atom is -0.326 e. The average Bonchev–Trinajstić information content (AvgIpc) is 2.50. The number of halogens is 1. The van der Waals surface area contributed by atoms with E-state index in [0.717, 1.165) is 36.1 Å². The number of hydrogen-bond donors (Lipinski definition) is 1. The molecule has 0 unspecified atom stereocenters. The molecule has 1 heterocycles. The van der Waals surface area contributed by atoms with Crippen LogP contribution in [0.5, 0.6) is 0 Å². The quantitative estimate of drug-likeness (QED) is 0.906. The number of benzene rings is 1. The Labute approximate surface area is 134 Å². The maximum atomic E-state index is 12.3. The van der Waals surface area contributed by atoms with Crippen LogP contribution >= 0.6 is 15.9 Å². The highest BCUT2D eigenvalue weighted by Crippen LogP contribution is 2.22. The first-order valence-electron chi connectivity index (χ1n) is 7.27. The number of likely N-dealkylation sites (tertiary alicyclic amines) is 1. The van der Waals surface area contributed by atoms with Gasteiger partial charge in [-0.15, -0.1) is 0 Å². The zero-order valence-corrected chi connectivity index (χ0v) is 13.8. The number of carbonyl (C=O) groups excluding carboxylic acids is 1. The number of rotatable bonds is 4. The molecule has 0 aliphatic carbocycles. The van der Waals surface area contributed by atoms with Crippen molar-refractivity contribution in [3.8, 4) is 6.07 Å². The highest BCUT2D eigenvalue weighted by Gasteiger charge is 2.27. The standard InChI is InChI=1S/C16H20BrN3O/c1-12(6-9-18)20-10-7-13(8-11-20)16(21)19-15-4-2-14(17)3-5-15/h2-5,12-13H,6-8,10-11H2,1H3,(H,19,21)/t12-/m1/s1. The Kier molecular flexibility index (Phi) is 5.77. The van der Waals surface area contributed by atoms with Crippen LogP contribution in [0, 0.1) is 17.2 Å². The van der Waals surface area contributed by atoms with Crippen LogP contribution < -0.4 is 5.32 Å². The first-order valence-corrected chi connectivity index (χ1v) is 8.07. The molecule has 1 amide bonds. The van der Waals surface area contributed by atoms with Gasteiger partial charge in [0.2, 0.25) is 5.91 Å². The second-order valence-corrected chi connectivity index (χ2v) is 6.43. The molecule has 0 bridgehead atoms. The third-order valence-electron chi connectivity index (χ3n) is 4.02. The maximum Gasteiger partial charge on any atom is 0.227 e. The van der Waals surface area contributed by atoms with E-state index < -0.39 is 0 Å². The van der Waals surface area contributed by atoms with E-state index in [2.05, 4.69) is 39.1 Å². The lowest BCUT2D eigenvalue weighted by Gasteiger charge is -2.34. The van der Waals surface area contributed by atoms with Gasteiger partial charge in [0.25, 0.3) is 0 Å². The fraction of sp³-hybridized carbons (Fsp3) is 0.500. The molecule has 1 fully saturated rings. The number of hydrogen-bond acceptors (Lipinski definition) is 3. The predicted molar refractivity (Wildman–Crippen MR) is 86.8 cm³/mol. The second-order valence-electron chi connectivity index (χ2n) is 5.52. The fourth-order valence-corrected chi connectivity index (χ4v) is 2.91. The molecule has 1 atom stereocenters. The zero-order valence-electron chi connectivity index (χ0n) is 12.2. The Balaban J connectivity index is 1.83. The van der Waals surface area contributed by atoms with Crippen molar-refractivity contribution in [2.45, 2.75) is 32.2 Å². The Morgan fingerprint density at radius 1 is 1.43 bits per heavy atom. The average molecular weight is 350 g/mol. The number of anilines is 1. The van der Waals surface area contributed by atoms with E-state index in [-0.39, 0.29) is 17.9 Å². The molecule has 0 spiro atoms. The lowest BCUT2D eigenvalue weighted by atomic mass is 9.94. The van der Waals surface area contributed by atoms with Crippen LogP contribution in [0.1, 0.15) is 26.2 Å². The van der Waals surface area contributed by atoms with Crippen LogP contribution in [0.2, 0.25) is 0 Å². The molecule has 0 saturated carbocycles. The molecule has 1 aromatic carbocycles. The number of piperidine rings is 1. The lowest BCUT2D eigenvalue weighted by Crippen LogP contribution is -2.42. The molecule has 1 aliphatic rings. The Morgan fingerprint density at radius 2 is 2.05 bits per heavy atom. The first kappa shape index (κ1) is 16.0. The van der Waals surface area contributed by atoms with Crippen LogP contribution in [0.4, 0.5) is 5.69 Å². The topological polar surface area (TPSA) is 56.1 Å². The highest BCUT2D eigenvalue weighted by molar-refractivity contribution is 9.10. The molecule has 112 valence electrons. The van der Waals surface area contributed by atoms with Crippen LogP contribution in [0.25, 0.3) is 0 Å². The highest BCUT2D eigenvalue weighted by atomic mass is 79.9. The van der Waals surface area contributed by atoms with Crippen molar-refractivity contribution in [2.24, 2.45) is 5.92 Å². The van der Waals surface area contributed by atoms with Gasteiger partial charge >= 0.3 is 0 Å². The number of amides is 1. The molecule has 4 nitrogen and oxygen atoms in total. The minimum absolute atomic E-state index is 0.0687. The summed E-state index contributed by atoms with van der Waals surface area (Å²) in [6.45, 7) is 3.86. The van der Waals surface area contributed by atoms with E-state index >= 15 is 0 Å². The second kappa shape index (κ2) is 7.58. The third-order valence-corrected chi connectivity index (χ3v) is 4.55. The zero-order chi connectivity index (χ0) is 15.2. The summed E-state index contributed by atoms with van der Waals surface area (Å²) in [5.41, 5.74) is 0.837. The summed E-state index contributed by atoms with van der Waals surface area (Å²) in [5.74, 6) is 0.170. The normalized spacial score (nSPS) is 18.0. The molecular weight excluding hydrogens is 330 g/mol. The van der Waals surface area contributed by atoms with Crippen molar-refractivity contribution >= 4 is 27.5 Å². The van der Waals surface area contributed by atoms with E-state index in [0.29, 0.717) is 6.42 Å². The molecule has 0 aromatic heterocycles. The SMILES string of the molecule is C[C@H](CC#N)N1CCC(C(=O)Nc2ccc(Br)cc2)CC1. The summed E-state index contributed by atoms with van der Waals surface area (Å²) in [7, 11) is 0. The summed E-state index contributed by atoms with van der Waals surface area (Å²) in [5, 5.41) is 11.7. The molecular formula is C16H20BrN3O. The summed E-state index contributed by atoms with van der Waals surface area (Å²) in [4.78, 5) is 14.6. The Bertz CT molecular complexity index is 515. The van der Waals surface area contributed by atoms with Crippen LogP contribution in [0.15, 0.2) is 28.7 Å². The summed E-state index contributed by atoms with van der Waals surface area (Å²) in [6.07, 6.45) is 2.27. The molecule has 2 rings (SSSR count). The Hall–Kier alpha value is -1.38. The number of nitrogens with one attached hydrogen (secondary N) is 1. The third kappa shape index (κ3) is 4.55. The van der Waals surface area contributed by atoms with Gasteiger partial charge in [-0.25, -0.2) is 0 Å². The number of nitriles is 1. The Morgan fingerprint density at radius 3 is 2.62 bits per heavy atom. The van der Waals surface area contributed by atoms with Gasteiger partial charge in [0.1, 0.15) is 0 Å². The number of nitrogens with zero attached hydrogens (tertiary/aromatic N) is 2. The lowest BCUT2D eigenvalue weighted by molar-refractivity contribution is -0.121. The fourth-order valence-electron chi connectivity index (χ4n) is 2.64. The van der Waals surface area contributed by atoms with Gasteiger partial charge in [-0.2, -0.15) is 5.26 Å².